The minimum atomic E-state index is -3.79. The van der Waals surface area contributed by atoms with Crippen molar-refractivity contribution >= 4 is 43.9 Å². The van der Waals surface area contributed by atoms with Crippen LogP contribution in [0.4, 0.5) is 10.7 Å². The molecule has 0 unspecified atom stereocenters. The van der Waals surface area contributed by atoms with Crippen molar-refractivity contribution in [3.63, 3.8) is 0 Å². The van der Waals surface area contributed by atoms with E-state index in [0.717, 1.165) is 41.7 Å². The molecule has 0 spiro atoms. The summed E-state index contributed by atoms with van der Waals surface area (Å²) in [6, 6.07) is 12.7. The first-order valence-corrected chi connectivity index (χ1v) is 12.5. The van der Waals surface area contributed by atoms with Crippen LogP contribution in [0, 0.1) is 6.92 Å². The van der Waals surface area contributed by atoms with Gasteiger partial charge in [0.25, 0.3) is 21.8 Å². The van der Waals surface area contributed by atoms with Gasteiger partial charge in [-0.25, -0.2) is 8.42 Å². The van der Waals surface area contributed by atoms with Crippen LogP contribution in [0.3, 0.4) is 0 Å². The summed E-state index contributed by atoms with van der Waals surface area (Å²) in [6.45, 7) is 1.87. The monoisotopic (exact) mass is 469 g/mol. The van der Waals surface area contributed by atoms with Crippen molar-refractivity contribution in [1.82, 2.24) is 0 Å². The summed E-state index contributed by atoms with van der Waals surface area (Å²) in [5, 5.41) is 3.24. The zero-order chi connectivity index (χ0) is 22.9. The highest BCUT2D eigenvalue weighted by Gasteiger charge is 2.25. The first-order valence-electron chi connectivity index (χ1n) is 10.2. The first-order chi connectivity index (χ1) is 15.2. The van der Waals surface area contributed by atoms with Gasteiger partial charge in [-0.2, -0.15) is 0 Å². The van der Waals surface area contributed by atoms with Gasteiger partial charge < -0.3 is 11.1 Å². The van der Waals surface area contributed by atoms with Crippen molar-refractivity contribution in [2.24, 2.45) is 5.73 Å². The SMILES string of the molecule is Cc1ccc(S(=O)(=O)Nc2cccc(C(=O)Nc3sc4c(c3C(N)=O)CCCC4)c2)cc1. The lowest BCUT2D eigenvalue weighted by Crippen LogP contribution is -2.19. The molecule has 0 bridgehead atoms. The maximum Gasteiger partial charge on any atom is 0.261 e. The highest BCUT2D eigenvalue weighted by molar-refractivity contribution is 7.92. The number of rotatable bonds is 6. The number of fused-ring (bicyclic) bond motifs is 1. The molecule has 2 aromatic carbocycles. The van der Waals surface area contributed by atoms with E-state index in [0.29, 0.717) is 10.6 Å². The predicted octanol–water partition coefficient (Wildman–Crippen LogP) is 4.09. The number of primary amides is 1. The number of nitrogens with one attached hydrogen (secondary N) is 2. The molecule has 0 aliphatic heterocycles. The third kappa shape index (κ3) is 4.53. The van der Waals surface area contributed by atoms with Crippen LogP contribution in [0.15, 0.2) is 53.4 Å². The molecule has 3 aromatic rings. The highest BCUT2D eigenvalue weighted by Crippen LogP contribution is 2.38. The third-order valence-electron chi connectivity index (χ3n) is 5.35. The van der Waals surface area contributed by atoms with Crippen LogP contribution in [0.25, 0.3) is 0 Å². The molecule has 32 heavy (non-hydrogen) atoms. The van der Waals surface area contributed by atoms with Crippen molar-refractivity contribution in [2.75, 3.05) is 10.0 Å². The van der Waals surface area contributed by atoms with E-state index in [2.05, 4.69) is 10.0 Å². The zero-order valence-corrected chi connectivity index (χ0v) is 19.1. The van der Waals surface area contributed by atoms with Gasteiger partial charge in [0.1, 0.15) is 5.00 Å². The summed E-state index contributed by atoms with van der Waals surface area (Å²) in [6.07, 6.45) is 3.67. The first kappa shape index (κ1) is 22.0. The molecule has 1 heterocycles. The minimum Gasteiger partial charge on any atom is -0.365 e. The number of sulfonamides is 1. The maximum atomic E-state index is 12.9. The van der Waals surface area contributed by atoms with E-state index >= 15 is 0 Å². The molecule has 7 nitrogen and oxygen atoms in total. The number of benzene rings is 2. The quantitative estimate of drug-likeness (QED) is 0.504. The van der Waals surface area contributed by atoms with Crippen LogP contribution in [0.1, 0.15) is 49.6 Å². The molecule has 1 aromatic heterocycles. The summed E-state index contributed by atoms with van der Waals surface area (Å²) in [4.78, 5) is 26.1. The fourth-order valence-electron chi connectivity index (χ4n) is 3.75. The number of nitrogens with two attached hydrogens (primary N) is 1. The lowest BCUT2D eigenvalue weighted by atomic mass is 9.95. The summed E-state index contributed by atoms with van der Waals surface area (Å²) in [7, 11) is -3.79. The smallest absolute Gasteiger partial charge is 0.261 e. The predicted molar refractivity (Wildman–Crippen MR) is 126 cm³/mol. The fraction of sp³-hybridized carbons (Fsp3) is 0.217. The van der Waals surface area contributed by atoms with Crippen LogP contribution < -0.4 is 15.8 Å². The molecule has 1 aliphatic carbocycles. The normalized spacial score (nSPS) is 13.3. The van der Waals surface area contributed by atoms with Crippen LogP contribution in [0.2, 0.25) is 0 Å². The lowest BCUT2D eigenvalue weighted by molar-refractivity contribution is 0.100. The average molecular weight is 470 g/mol. The Morgan fingerprint density at radius 3 is 2.47 bits per heavy atom. The average Bonchev–Trinajstić information content (AvgIpc) is 3.12. The summed E-state index contributed by atoms with van der Waals surface area (Å²) in [5.41, 5.74) is 8.39. The topological polar surface area (TPSA) is 118 Å². The Morgan fingerprint density at radius 1 is 1.03 bits per heavy atom. The van der Waals surface area contributed by atoms with E-state index in [1.54, 1.807) is 30.3 Å². The van der Waals surface area contributed by atoms with Crippen LogP contribution in [-0.2, 0) is 22.9 Å². The molecule has 1 aliphatic rings. The molecule has 2 amide bonds. The summed E-state index contributed by atoms with van der Waals surface area (Å²) < 4.78 is 27.8. The zero-order valence-electron chi connectivity index (χ0n) is 17.5. The van der Waals surface area contributed by atoms with Crippen molar-refractivity contribution < 1.29 is 18.0 Å². The third-order valence-corrected chi connectivity index (χ3v) is 7.96. The van der Waals surface area contributed by atoms with Crippen LogP contribution in [0.5, 0.6) is 0 Å². The number of hydrogen-bond donors (Lipinski definition) is 3. The highest BCUT2D eigenvalue weighted by atomic mass is 32.2. The van der Waals surface area contributed by atoms with Crippen LogP contribution in [-0.4, -0.2) is 20.2 Å². The maximum absolute atomic E-state index is 12.9. The van der Waals surface area contributed by atoms with Crippen molar-refractivity contribution in [3.05, 3.63) is 75.7 Å². The molecule has 0 radical (unpaired) electrons. The Labute approximate surface area is 190 Å². The fourth-order valence-corrected chi connectivity index (χ4v) is 6.08. The van der Waals surface area contributed by atoms with Crippen LogP contribution >= 0.6 is 11.3 Å². The van der Waals surface area contributed by atoms with Gasteiger partial charge in [-0.05, 0) is 68.5 Å². The Hall–Kier alpha value is -3.17. The Kier molecular flexibility index (Phi) is 6.03. The lowest BCUT2D eigenvalue weighted by Gasteiger charge is -2.11. The molecule has 4 N–H and O–H groups in total. The van der Waals surface area contributed by atoms with Crippen molar-refractivity contribution in [2.45, 2.75) is 37.5 Å². The number of aryl methyl sites for hydroxylation is 2. The molecule has 166 valence electrons. The van der Waals surface area contributed by atoms with Gasteiger partial charge >= 0.3 is 0 Å². The standard InChI is InChI=1S/C23H23N3O4S2/c1-14-9-11-17(12-10-14)32(29,30)26-16-6-4-5-15(13-16)22(28)25-23-20(21(24)27)18-7-2-3-8-19(18)31-23/h4-6,9-13,26H,2-3,7-8H2,1H3,(H2,24,27)(H,25,28). The largest absolute Gasteiger partial charge is 0.365 e. The Morgan fingerprint density at radius 2 is 1.75 bits per heavy atom. The van der Waals surface area contributed by atoms with Gasteiger partial charge in [-0.3, -0.25) is 14.3 Å². The van der Waals surface area contributed by atoms with E-state index < -0.39 is 21.8 Å². The van der Waals surface area contributed by atoms with E-state index in [-0.39, 0.29) is 16.1 Å². The molecule has 0 fully saturated rings. The molecule has 0 saturated carbocycles. The van der Waals surface area contributed by atoms with Gasteiger partial charge in [0.2, 0.25) is 0 Å². The molecule has 0 atom stereocenters. The van der Waals surface area contributed by atoms with Crippen molar-refractivity contribution in [1.29, 1.82) is 0 Å². The van der Waals surface area contributed by atoms with Gasteiger partial charge in [0.15, 0.2) is 0 Å². The van der Waals surface area contributed by atoms with E-state index in [4.69, 9.17) is 5.73 Å². The van der Waals surface area contributed by atoms with Gasteiger partial charge in [0.05, 0.1) is 10.5 Å². The Bertz CT molecular complexity index is 1300. The molecular formula is C23H23N3O4S2. The number of anilines is 2. The molecular weight excluding hydrogens is 446 g/mol. The number of hydrogen-bond acceptors (Lipinski definition) is 5. The van der Waals surface area contributed by atoms with Gasteiger partial charge in [-0.15, -0.1) is 11.3 Å². The molecule has 0 saturated heterocycles. The minimum absolute atomic E-state index is 0.133. The second-order valence-electron chi connectivity index (χ2n) is 7.73. The second-order valence-corrected chi connectivity index (χ2v) is 10.5. The van der Waals surface area contributed by atoms with Gasteiger partial charge in [-0.1, -0.05) is 23.8 Å². The molecule has 9 heteroatoms. The van der Waals surface area contributed by atoms with E-state index in [1.807, 2.05) is 6.92 Å². The Balaban J connectivity index is 1.56. The number of carbonyl (C=O) groups is 2. The van der Waals surface area contributed by atoms with E-state index in [1.165, 1.54) is 29.5 Å². The number of carbonyl (C=O) groups excluding carboxylic acids is 2. The summed E-state index contributed by atoms with van der Waals surface area (Å²) in [5.74, 6) is -0.998. The molecule has 4 rings (SSSR count). The van der Waals surface area contributed by atoms with E-state index in [9.17, 15) is 18.0 Å². The number of thiophene rings is 1. The number of amides is 2. The van der Waals surface area contributed by atoms with Crippen molar-refractivity contribution in [3.8, 4) is 0 Å². The van der Waals surface area contributed by atoms with Gasteiger partial charge in [0, 0.05) is 16.1 Å². The summed E-state index contributed by atoms with van der Waals surface area (Å²) >= 11 is 1.38. The second kappa shape index (κ2) is 8.76.